The van der Waals surface area contributed by atoms with Crippen molar-refractivity contribution in [3.63, 3.8) is 0 Å². The molecule has 7 heteroatoms. The quantitative estimate of drug-likeness (QED) is 0.719. The molecule has 3 N–H and O–H groups in total. The predicted molar refractivity (Wildman–Crippen MR) is 78.2 cm³/mol. The van der Waals surface area contributed by atoms with E-state index in [1.54, 1.807) is 0 Å². The molecule has 6 nitrogen and oxygen atoms in total. The monoisotopic (exact) mass is 287 g/mol. The third kappa shape index (κ3) is 2.16. The van der Waals surface area contributed by atoms with Crippen LogP contribution in [-0.4, -0.2) is 26.6 Å². The second-order valence-corrected chi connectivity index (χ2v) is 5.11. The van der Waals surface area contributed by atoms with Gasteiger partial charge in [-0.15, -0.1) is 11.8 Å². The first-order valence-corrected chi connectivity index (χ1v) is 7.20. The number of aryl methyl sites for hydroxylation is 1. The normalized spacial score (nSPS) is 10.9. The van der Waals surface area contributed by atoms with Crippen LogP contribution in [0.15, 0.2) is 33.8 Å². The van der Waals surface area contributed by atoms with Crippen LogP contribution < -0.4 is 5.73 Å². The molecule has 1 aromatic carbocycles. The molecule has 0 amide bonds. The van der Waals surface area contributed by atoms with E-state index in [0.29, 0.717) is 23.1 Å². The van der Waals surface area contributed by atoms with Gasteiger partial charge < -0.3 is 10.3 Å². The minimum atomic E-state index is 0.372. The number of benzene rings is 1. The molecule has 3 aromatic rings. The summed E-state index contributed by atoms with van der Waals surface area (Å²) in [5.41, 5.74) is 8.57. The second-order valence-electron chi connectivity index (χ2n) is 4.31. The standard InChI is InChI=1S/C13H13N5OS/c1-7-4-3-5-8(6-7)11-15-12(19-18-11)9-10(14)16-17-13(9)20-2/h3-6H,1-2H3,(H3,14,16,17). The van der Waals surface area contributed by atoms with Gasteiger partial charge in [0.2, 0.25) is 5.82 Å². The van der Waals surface area contributed by atoms with E-state index in [1.165, 1.54) is 11.8 Å². The summed E-state index contributed by atoms with van der Waals surface area (Å²) in [6, 6.07) is 7.92. The molecular formula is C13H13N5OS. The second kappa shape index (κ2) is 5.01. The highest BCUT2D eigenvalue weighted by Crippen LogP contribution is 2.32. The average molecular weight is 287 g/mol. The first-order chi connectivity index (χ1) is 9.69. The third-order valence-corrected chi connectivity index (χ3v) is 3.55. The highest BCUT2D eigenvalue weighted by atomic mass is 32.2. The molecule has 0 bridgehead atoms. The van der Waals surface area contributed by atoms with Gasteiger partial charge in [-0.2, -0.15) is 10.1 Å². The van der Waals surface area contributed by atoms with Crippen LogP contribution in [0, 0.1) is 6.92 Å². The first-order valence-electron chi connectivity index (χ1n) is 5.98. The lowest BCUT2D eigenvalue weighted by Gasteiger charge is -1.95. The Morgan fingerprint density at radius 2 is 2.20 bits per heavy atom. The number of hydrogen-bond acceptors (Lipinski definition) is 6. The largest absolute Gasteiger partial charge is 0.383 e. The summed E-state index contributed by atoms with van der Waals surface area (Å²) in [4.78, 5) is 4.40. The van der Waals surface area contributed by atoms with Gasteiger partial charge >= 0.3 is 0 Å². The molecule has 0 saturated carbocycles. The lowest BCUT2D eigenvalue weighted by molar-refractivity contribution is 0.431. The number of nitrogens with one attached hydrogen (secondary N) is 1. The van der Waals surface area contributed by atoms with Gasteiger partial charge in [-0.05, 0) is 19.2 Å². The Labute approximate surface area is 119 Å². The zero-order chi connectivity index (χ0) is 14.1. The van der Waals surface area contributed by atoms with Crippen LogP contribution in [0.4, 0.5) is 5.82 Å². The fraction of sp³-hybridized carbons (Fsp3) is 0.154. The van der Waals surface area contributed by atoms with Gasteiger partial charge in [0.1, 0.15) is 16.4 Å². The van der Waals surface area contributed by atoms with Gasteiger partial charge in [0.25, 0.3) is 5.89 Å². The molecule has 2 heterocycles. The zero-order valence-corrected chi connectivity index (χ0v) is 11.9. The van der Waals surface area contributed by atoms with E-state index < -0.39 is 0 Å². The molecule has 3 rings (SSSR count). The Balaban J connectivity index is 2.04. The number of nitrogens with zero attached hydrogens (tertiary/aromatic N) is 3. The van der Waals surface area contributed by atoms with Crippen molar-refractivity contribution < 1.29 is 4.52 Å². The van der Waals surface area contributed by atoms with E-state index in [2.05, 4.69) is 20.3 Å². The zero-order valence-electron chi connectivity index (χ0n) is 11.0. The van der Waals surface area contributed by atoms with E-state index in [9.17, 15) is 0 Å². The number of aromatic amines is 1. The SMILES string of the molecule is CSc1n[nH]c(N)c1-c1nc(-c2cccc(C)c2)no1. The summed E-state index contributed by atoms with van der Waals surface area (Å²) in [5.74, 6) is 1.34. The van der Waals surface area contributed by atoms with Gasteiger partial charge in [0, 0.05) is 5.56 Å². The molecule has 0 atom stereocenters. The molecule has 0 aliphatic heterocycles. The van der Waals surface area contributed by atoms with Gasteiger partial charge in [0.15, 0.2) is 0 Å². The van der Waals surface area contributed by atoms with Crippen LogP contribution in [0.3, 0.4) is 0 Å². The number of hydrogen-bond donors (Lipinski definition) is 2. The van der Waals surface area contributed by atoms with E-state index in [4.69, 9.17) is 10.3 Å². The maximum atomic E-state index is 5.86. The van der Waals surface area contributed by atoms with Crippen molar-refractivity contribution in [3.05, 3.63) is 29.8 Å². The molecule has 20 heavy (non-hydrogen) atoms. The van der Waals surface area contributed by atoms with Crippen LogP contribution in [0.25, 0.3) is 22.8 Å². The molecule has 2 aromatic heterocycles. The van der Waals surface area contributed by atoms with E-state index >= 15 is 0 Å². The number of nitrogens with two attached hydrogens (primary N) is 1. The number of rotatable bonds is 3. The Morgan fingerprint density at radius 3 is 2.95 bits per heavy atom. The number of thioether (sulfide) groups is 1. The topological polar surface area (TPSA) is 93.6 Å². The predicted octanol–water partition coefficient (Wildman–Crippen LogP) is 2.74. The van der Waals surface area contributed by atoms with Gasteiger partial charge in [0.05, 0.1) is 0 Å². The highest BCUT2D eigenvalue weighted by Gasteiger charge is 2.19. The maximum absolute atomic E-state index is 5.86. The van der Waals surface area contributed by atoms with Crippen LogP contribution >= 0.6 is 11.8 Å². The summed E-state index contributed by atoms with van der Waals surface area (Å²) in [5, 5.41) is 11.6. The molecule has 0 unspecified atom stereocenters. The van der Waals surface area contributed by atoms with E-state index in [0.717, 1.165) is 16.2 Å². The van der Waals surface area contributed by atoms with Crippen molar-refractivity contribution in [1.82, 2.24) is 20.3 Å². The molecule has 0 radical (unpaired) electrons. The first kappa shape index (κ1) is 12.7. The molecule has 0 fully saturated rings. The van der Waals surface area contributed by atoms with Crippen LogP contribution in [0.2, 0.25) is 0 Å². The van der Waals surface area contributed by atoms with Crippen molar-refractivity contribution in [3.8, 4) is 22.8 Å². The lowest BCUT2D eigenvalue weighted by Crippen LogP contribution is -1.88. The number of aromatic nitrogens is 4. The summed E-state index contributed by atoms with van der Waals surface area (Å²) >= 11 is 1.47. The average Bonchev–Trinajstić information content (AvgIpc) is 3.04. The van der Waals surface area contributed by atoms with Crippen LogP contribution in [0.5, 0.6) is 0 Å². The van der Waals surface area contributed by atoms with Crippen molar-refractivity contribution in [2.24, 2.45) is 0 Å². The Bertz CT molecular complexity index is 749. The highest BCUT2D eigenvalue weighted by molar-refractivity contribution is 7.98. The maximum Gasteiger partial charge on any atom is 0.264 e. The molecule has 0 spiro atoms. The molecular weight excluding hydrogens is 274 g/mol. The Kier molecular flexibility index (Phi) is 3.19. The minimum absolute atomic E-state index is 0.372. The smallest absolute Gasteiger partial charge is 0.264 e. The van der Waals surface area contributed by atoms with Crippen molar-refractivity contribution in [2.75, 3.05) is 12.0 Å². The van der Waals surface area contributed by atoms with Gasteiger partial charge in [-0.3, -0.25) is 5.10 Å². The summed E-state index contributed by atoms with van der Waals surface area (Å²) in [6.07, 6.45) is 1.91. The van der Waals surface area contributed by atoms with Crippen molar-refractivity contribution >= 4 is 17.6 Å². The lowest BCUT2D eigenvalue weighted by atomic mass is 10.1. The van der Waals surface area contributed by atoms with E-state index in [-0.39, 0.29) is 0 Å². The summed E-state index contributed by atoms with van der Waals surface area (Å²) in [7, 11) is 0. The Hall–Kier alpha value is -2.28. The fourth-order valence-corrected chi connectivity index (χ4v) is 2.46. The van der Waals surface area contributed by atoms with Crippen molar-refractivity contribution in [1.29, 1.82) is 0 Å². The molecule has 0 aliphatic rings. The van der Waals surface area contributed by atoms with Crippen LogP contribution in [0.1, 0.15) is 5.56 Å². The third-order valence-electron chi connectivity index (χ3n) is 2.87. The number of anilines is 1. The number of H-pyrrole nitrogens is 1. The molecule has 0 aliphatic carbocycles. The fourth-order valence-electron chi connectivity index (χ4n) is 1.92. The van der Waals surface area contributed by atoms with Crippen LogP contribution in [-0.2, 0) is 0 Å². The number of nitrogen functional groups attached to an aromatic ring is 1. The minimum Gasteiger partial charge on any atom is -0.383 e. The summed E-state index contributed by atoms with van der Waals surface area (Å²) in [6.45, 7) is 2.02. The molecule has 102 valence electrons. The van der Waals surface area contributed by atoms with Gasteiger partial charge in [-0.1, -0.05) is 28.9 Å². The van der Waals surface area contributed by atoms with E-state index in [1.807, 2.05) is 37.4 Å². The van der Waals surface area contributed by atoms with Crippen molar-refractivity contribution in [2.45, 2.75) is 11.9 Å². The summed E-state index contributed by atoms with van der Waals surface area (Å²) < 4.78 is 5.31. The Morgan fingerprint density at radius 1 is 1.35 bits per heavy atom. The van der Waals surface area contributed by atoms with Gasteiger partial charge in [-0.25, -0.2) is 0 Å². The molecule has 0 saturated heterocycles.